The Labute approximate surface area is 194 Å². The molecule has 0 radical (unpaired) electrons. The maximum absolute atomic E-state index is 13.4. The molecule has 4 aromatic rings. The number of nitrogens with one attached hydrogen (secondary N) is 1. The van der Waals surface area contributed by atoms with E-state index in [0.717, 1.165) is 53.4 Å². The van der Waals surface area contributed by atoms with Crippen molar-refractivity contribution in [3.05, 3.63) is 82.1 Å². The number of ether oxygens (including phenoxy) is 1. The standard InChI is InChI=1S/C24H22ClFN4OS/c1-31-20-12-17(10-11-19(20)30-13-22(25)27-14-30)28-24-29-23-18(4-2-3-5-21(23)32-24)15-6-8-16(26)9-7-15/h6-14,18H,2-5H2,1H3,(H,28,29). The number of fused-ring (bicyclic) bond motifs is 1. The molecule has 164 valence electrons. The molecule has 0 spiro atoms. The van der Waals surface area contributed by atoms with Gasteiger partial charge in [-0.1, -0.05) is 30.2 Å². The summed E-state index contributed by atoms with van der Waals surface area (Å²) < 4.78 is 20.8. The van der Waals surface area contributed by atoms with Gasteiger partial charge in [-0.2, -0.15) is 0 Å². The van der Waals surface area contributed by atoms with E-state index in [1.807, 2.05) is 34.9 Å². The van der Waals surface area contributed by atoms with Crippen LogP contribution in [-0.4, -0.2) is 21.6 Å². The monoisotopic (exact) mass is 468 g/mol. The van der Waals surface area contributed by atoms with Gasteiger partial charge in [0, 0.05) is 28.7 Å². The lowest BCUT2D eigenvalue weighted by molar-refractivity contribution is 0.413. The van der Waals surface area contributed by atoms with Crippen molar-refractivity contribution in [2.24, 2.45) is 0 Å². The molecule has 2 heterocycles. The first-order chi connectivity index (χ1) is 15.6. The quantitative estimate of drug-likeness (QED) is 0.330. The summed E-state index contributed by atoms with van der Waals surface area (Å²) in [6.45, 7) is 0. The van der Waals surface area contributed by atoms with E-state index in [0.29, 0.717) is 10.9 Å². The summed E-state index contributed by atoms with van der Waals surface area (Å²) in [5.74, 6) is 0.688. The zero-order valence-corrected chi connectivity index (χ0v) is 19.1. The zero-order chi connectivity index (χ0) is 22.1. The Bertz CT molecular complexity index is 1240. The maximum atomic E-state index is 13.4. The van der Waals surface area contributed by atoms with Crippen molar-refractivity contribution in [2.45, 2.75) is 31.6 Å². The van der Waals surface area contributed by atoms with E-state index in [1.54, 1.807) is 31.0 Å². The molecule has 0 fully saturated rings. The van der Waals surface area contributed by atoms with E-state index in [-0.39, 0.29) is 11.7 Å². The molecule has 0 bridgehead atoms. The van der Waals surface area contributed by atoms with E-state index in [4.69, 9.17) is 21.3 Å². The minimum atomic E-state index is -0.210. The van der Waals surface area contributed by atoms with Crippen LogP contribution in [0.2, 0.25) is 5.15 Å². The first-order valence-electron chi connectivity index (χ1n) is 10.5. The molecule has 8 heteroatoms. The number of hydrogen-bond acceptors (Lipinski definition) is 5. The van der Waals surface area contributed by atoms with Gasteiger partial charge in [-0.05, 0) is 49.1 Å². The third kappa shape index (κ3) is 4.23. The van der Waals surface area contributed by atoms with E-state index in [1.165, 1.54) is 17.0 Å². The van der Waals surface area contributed by atoms with Crippen molar-refractivity contribution >= 4 is 33.8 Å². The number of hydrogen-bond donors (Lipinski definition) is 1. The van der Waals surface area contributed by atoms with Crippen LogP contribution in [0, 0.1) is 5.82 Å². The third-order valence-corrected chi connectivity index (χ3v) is 6.98. The molecule has 2 aromatic carbocycles. The minimum Gasteiger partial charge on any atom is -0.494 e. The Balaban J connectivity index is 1.43. The van der Waals surface area contributed by atoms with Gasteiger partial charge < -0.3 is 14.6 Å². The number of benzene rings is 2. The fourth-order valence-electron chi connectivity index (χ4n) is 4.18. The largest absolute Gasteiger partial charge is 0.494 e. The van der Waals surface area contributed by atoms with Crippen LogP contribution in [0.25, 0.3) is 5.69 Å². The summed E-state index contributed by atoms with van der Waals surface area (Å²) in [6, 6.07) is 12.7. The average molecular weight is 469 g/mol. The van der Waals surface area contributed by atoms with Crippen LogP contribution in [0.4, 0.5) is 15.2 Å². The molecular formula is C24H22ClFN4OS. The van der Waals surface area contributed by atoms with Gasteiger partial charge in [-0.25, -0.2) is 14.4 Å². The number of rotatable bonds is 5. The van der Waals surface area contributed by atoms with E-state index in [9.17, 15) is 4.39 Å². The summed E-state index contributed by atoms with van der Waals surface area (Å²) in [6.07, 6.45) is 7.72. The average Bonchev–Trinajstić information content (AvgIpc) is 3.35. The van der Waals surface area contributed by atoms with Gasteiger partial charge in [-0.15, -0.1) is 11.3 Å². The number of aryl methyl sites for hydroxylation is 1. The topological polar surface area (TPSA) is 52.0 Å². The van der Waals surface area contributed by atoms with Crippen molar-refractivity contribution in [3.63, 3.8) is 0 Å². The van der Waals surface area contributed by atoms with Crippen LogP contribution in [-0.2, 0) is 6.42 Å². The van der Waals surface area contributed by atoms with Crippen molar-refractivity contribution in [1.29, 1.82) is 0 Å². The lowest BCUT2D eigenvalue weighted by Gasteiger charge is -2.14. The van der Waals surface area contributed by atoms with Crippen LogP contribution >= 0.6 is 22.9 Å². The Morgan fingerprint density at radius 3 is 2.78 bits per heavy atom. The predicted octanol–water partition coefficient (Wildman–Crippen LogP) is 6.73. The second-order valence-corrected chi connectivity index (χ2v) is 9.26. The second kappa shape index (κ2) is 8.92. The van der Waals surface area contributed by atoms with Gasteiger partial charge in [0.1, 0.15) is 23.0 Å². The molecule has 1 aliphatic rings. The van der Waals surface area contributed by atoms with E-state index >= 15 is 0 Å². The Hall–Kier alpha value is -2.90. The predicted molar refractivity (Wildman–Crippen MR) is 126 cm³/mol. The smallest absolute Gasteiger partial charge is 0.187 e. The number of anilines is 2. The van der Waals surface area contributed by atoms with Crippen molar-refractivity contribution in [1.82, 2.24) is 14.5 Å². The minimum absolute atomic E-state index is 0.197. The van der Waals surface area contributed by atoms with Gasteiger partial charge in [-0.3, -0.25) is 0 Å². The van der Waals surface area contributed by atoms with Crippen LogP contribution in [0.3, 0.4) is 0 Å². The highest BCUT2D eigenvalue weighted by atomic mass is 35.5. The lowest BCUT2D eigenvalue weighted by atomic mass is 9.92. The number of imidazole rings is 1. The summed E-state index contributed by atoms with van der Waals surface area (Å²) in [5.41, 5.74) is 3.97. The molecule has 5 nitrogen and oxygen atoms in total. The molecule has 1 N–H and O–H groups in total. The molecule has 0 saturated heterocycles. The number of halogens is 2. The third-order valence-electron chi connectivity index (χ3n) is 5.74. The van der Waals surface area contributed by atoms with Crippen molar-refractivity contribution in [3.8, 4) is 11.4 Å². The van der Waals surface area contributed by atoms with Gasteiger partial charge in [0.05, 0.1) is 18.5 Å². The molecule has 32 heavy (non-hydrogen) atoms. The number of nitrogens with zero attached hydrogens (tertiary/aromatic N) is 3. The molecule has 0 saturated carbocycles. The molecule has 1 atom stereocenters. The second-order valence-electron chi connectivity index (χ2n) is 7.79. The number of methoxy groups -OCH3 is 1. The van der Waals surface area contributed by atoms with Gasteiger partial charge in [0.2, 0.25) is 0 Å². The Morgan fingerprint density at radius 1 is 1.19 bits per heavy atom. The van der Waals surface area contributed by atoms with Gasteiger partial charge in [0.15, 0.2) is 5.13 Å². The summed E-state index contributed by atoms with van der Waals surface area (Å²) in [4.78, 5) is 10.3. The first-order valence-corrected chi connectivity index (χ1v) is 11.7. The molecule has 5 rings (SSSR count). The van der Waals surface area contributed by atoms with Crippen LogP contribution < -0.4 is 10.1 Å². The highest BCUT2D eigenvalue weighted by Crippen LogP contribution is 2.40. The molecule has 0 amide bonds. The first kappa shape index (κ1) is 21.0. The van der Waals surface area contributed by atoms with E-state index < -0.39 is 0 Å². The zero-order valence-electron chi connectivity index (χ0n) is 17.5. The van der Waals surface area contributed by atoms with Crippen LogP contribution in [0.1, 0.15) is 41.3 Å². The molecule has 2 aromatic heterocycles. The summed E-state index contributed by atoms with van der Waals surface area (Å²) >= 11 is 7.65. The maximum Gasteiger partial charge on any atom is 0.187 e. The summed E-state index contributed by atoms with van der Waals surface area (Å²) in [5, 5.41) is 4.71. The van der Waals surface area contributed by atoms with Crippen LogP contribution in [0.5, 0.6) is 5.75 Å². The van der Waals surface area contributed by atoms with Crippen molar-refractivity contribution in [2.75, 3.05) is 12.4 Å². The molecule has 1 unspecified atom stereocenters. The van der Waals surface area contributed by atoms with Gasteiger partial charge >= 0.3 is 0 Å². The normalized spacial score (nSPS) is 15.8. The van der Waals surface area contributed by atoms with Crippen molar-refractivity contribution < 1.29 is 9.13 Å². The number of aromatic nitrogens is 3. The highest BCUT2D eigenvalue weighted by Gasteiger charge is 2.25. The SMILES string of the molecule is COc1cc(Nc2nc3c(s2)CCCCC3c2ccc(F)cc2)ccc1-n1cnc(Cl)c1. The van der Waals surface area contributed by atoms with E-state index in [2.05, 4.69) is 10.3 Å². The fraction of sp³-hybridized carbons (Fsp3) is 0.250. The summed E-state index contributed by atoms with van der Waals surface area (Å²) in [7, 11) is 1.64. The lowest BCUT2D eigenvalue weighted by Crippen LogP contribution is -2.03. The molecule has 0 aliphatic heterocycles. The highest BCUT2D eigenvalue weighted by molar-refractivity contribution is 7.15. The Kier molecular flexibility index (Phi) is 5.85. The van der Waals surface area contributed by atoms with Crippen LogP contribution in [0.15, 0.2) is 55.0 Å². The number of thiazole rings is 1. The fourth-order valence-corrected chi connectivity index (χ4v) is 5.42. The van der Waals surface area contributed by atoms with Gasteiger partial charge in [0.25, 0.3) is 0 Å². The molecular weight excluding hydrogens is 447 g/mol. The Morgan fingerprint density at radius 2 is 2.03 bits per heavy atom. The molecule has 1 aliphatic carbocycles.